The molecule has 6 heteroatoms. The average molecular weight is 338 g/mol. The van der Waals surface area contributed by atoms with E-state index in [4.69, 9.17) is 4.74 Å². The normalized spacial score (nSPS) is 10.6. The van der Waals surface area contributed by atoms with Gasteiger partial charge in [0.2, 0.25) is 0 Å². The Morgan fingerprint density at radius 1 is 1.50 bits per heavy atom. The maximum atomic E-state index is 12.2. The number of carbonyl (C=O) groups is 1. The highest BCUT2D eigenvalue weighted by atomic mass is 79.9. The molecule has 0 spiro atoms. The monoisotopic (exact) mass is 337 g/mol. The number of hydrogen-bond donors (Lipinski definition) is 1. The number of benzene rings is 1. The highest BCUT2D eigenvalue weighted by Gasteiger charge is 2.11. The summed E-state index contributed by atoms with van der Waals surface area (Å²) in [6, 6.07) is 5.61. The summed E-state index contributed by atoms with van der Waals surface area (Å²) in [4.78, 5) is 12.2. The topological polar surface area (TPSA) is 56.1 Å². The third-order valence-corrected chi connectivity index (χ3v) is 3.44. The summed E-state index contributed by atoms with van der Waals surface area (Å²) in [5, 5.41) is 6.97. The van der Waals surface area contributed by atoms with Gasteiger partial charge in [0, 0.05) is 17.8 Å². The lowest BCUT2D eigenvalue weighted by atomic mass is 10.1. The third-order valence-electron chi connectivity index (χ3n) is 2.78. The molecular weight excluding hydrogens is 322 g/mol. The molecule has 2 aromatic rings. The number of nitrogens with one attached hydrogen (secondary N) is 1. The van der Waals surface area contributed by atoms with E-state index < -0.39 is 0 Å². The Bertz CT molecular complexity index is 610. The number of anilines is 1. The van der Waals surface area contributed by atoms with Crippen LogP contribution >= 0.6 is 15.9 Å². The van der Waals surface area contributed by atoms with Crippen LogP contribution in [0.25, 0.3) is 0 Å². The second-order valence-corrected chi connectivity index (χ2v) is 5.28. The van der Waals surface area contributed by atoms with Gasteiger partial charge in [0.05, 0.1) is 30.6 Å². The first-order valence-corrected chi connectivity index (χ1v) is 6.98. The second kappa shape index (κ2) is 6.67. The summed E-state index contributed by atoms with van der Waals surface area (Å²) in [6.45, 7) is 3.21. The van der Waals surface area contributed by atoms with Crippen molar-refractivity contribution in [1.82, 2.24) is 9.78 Å². The number of halogens is 1. The molecule has 1 amide bonds. The minimum atomic E-state index is -0.164. The van der Waals surface area contributed by atoms with Crippen LogP contribution in [-0.4, -0.2) is 29.4 Å². The standard InChI is InChI=1S/C14H16BrN3O2/c1-10-3-4-12(13(15)7-10)14(19)17-11-8-16-18(9-11)5-6-20-2/h3-4,7-9H,5-6H2,1-2H3,(H,17,19). The van der Waals surface area contributed by atoms with E-state index in [1.807, 2.05) is 19.1 Å². The van der Waals surface area contributed by atoms with E-state index in [2.05, 4.69) is 26.3 Å². The van der Waals surface area contributed by atoms with Crippen LogP contribution in [0.2, 0.25) is 0 Å². The lowest BCUT2D eigenvalue weighted by molar-refractivity contribution is 0.102. The van der Waals surface area contributed by atoms with Gasteiger partial charge in [-0.25, -0.2) is 0 Å². The molecule has 0 aliphatic carbocycles. The van der Waals surface area contributed by atoms with Crippen LogP contribution in [0.15, 0.2) is 35.1 Å². The minimum absolute atomic E-state index is 0.164. The predicted molar refractivity (Wildman–Crippen MR) is 80.9 cm³/mol. The van der Waals surface area contributed by atoms with Crippen LogP contribution in [-0.2, 0) is 11.3 Å². The van der Waals surface area contributed by atoms with Gasteiger partial charge in [-0.15, -0.1) is 0 Å². The van der Waals surface area contributed by atoms with Crippen LogP contribution in [0.4, 0.5) is 5.69 Å². The molecule has 2 rings (SSSR count). The first-order chi connectivity index (χ1) is 9.60. The molecule has 0 bridgehead atoms. The van der Waals surface area contributed by atoms with Crippen molar-refractivity contribution in [3.05, 3.63) is 46.2 Å². The zero-order valence-corrected chi connectivity index (χ0v) is 13.0. The highest BCUT2D eigenvalue weighted by Crippen LogP contribution is 2.19. The lowest BCUT2D eigenvalue weighted by Crippen LogP contribution is -2.12. The van der Waals surface area contributed by atoms with E-state index in [0.717, 1.165) is 10.0 Å². The molecule has 0 saturated carbocycles. The van der Waals surface area contributed by atoms with E-state index >= 15 is 0 Å². The molecule has 5 nitrogen and oxygen atoms in total. The molecule has 0 aliphatic rings. The van der Waals surface area contributed by atoms with Crippen LogP contribution in [0.5, 0.6) is 0 Å². The third kappa shape index (κ3) is 3.68. The average Bonchev–Trinajstić information content (AvgIpc) is 2.83. The molecule has 0 unspecified atom stereocenters. The summed E-state index contributed by atoms with van der Waals surface area (Å²) >= 11 is 3.40. The van der Waals surface area contributed by atoms with Crippen LogP contribution in [0, 0.1) is 6.92 Å². The maximum absolute atomic E-state index is 12.2. The Morgan fingerprint density at radius 3 is 3.00 bits per heavy atom. The molecule has 1 heterocycles. The molecule has 0 aliphatic heterocycles. The van der Waals surface area contributed by atoms with Crippen molar-refractivity contribution in [3.63, 3.8) is 0 Å². The van der Waals surface area contributed by atoms with Gasteiger partial charge in [0.1, 0.15) is 0 Å². The summed E-state index contributed by atoms with van der Waals surface area (Å²) < 4.78 is 7.48. The van der Waals surface area contributed by atoms with Gasteiger partial charge in [-0.05, 0) is 40.5 Å². The van der Waals surface area contributed by atoms with Gasteiger partial charge in [-0.2, -0.15) is 5.10 Å². The van der Waals surface area contributed by atoms with Crippen molar-refractivity contribution >= 4 is 27.5 Å². The van der Waals surface area contributed by atoms with Crippen molar-refractivity contribution < 1.29 is 9.53 Å². The summed E-state index contributed by atoms with van der Waals surface area (Å²) in [5.74, 6) is -0.164. The fourth-order valence-corrected chi connectivity index (χ4v) is 2.41. The Balaban J connectivity index is 2.05. The Kier molecular flexibility index (Phi) is 4.92. The molecule has 1 aromatic carbocycles. The van der Waals surface area contributed by atoms with Gasteiger partial charge in [0.25, 0.3) is 5.91 Å². The minimum Gasteiger partial charge on any atom is -0.383 e. The summed E-state index contributed by atoms with van der Waals surface area (Å²) in [7, 11) is 1.64. The number of aryl methyl sites for hydroxylation is 1. The van der Waals surface area contributed by atoms with Crippen LogP contribution in [0.1, 0.15) is 15.9 Å². The van der Waals surface area contributed by atoms with Crippen molar-refractivity contribution in [2.45, 2.75) is 13.5 Å². The summed E-state index contributed by atoms with van der Waals surface area (Å²) in [5.41, 5.74) is 2.36. The molecule has 20 heavy (non-hydrogen) atoms. The molecule has 0 radical (unpaired) electrons. The quantitative estimate of drug-likeness (QED) is 0.912. The van der Waals surface area contributed by atoms with Crippen molar-refractivity contribution in [2.24, 2.45) is 0 Å². The highest BCUT2D eigenvalue weighted by molar-refractivity contribution is 9.10. The first kappa shape index (κ1) is 14.7. The number of methoxy groups -OCH3 is 1. The molecule has 0 saturated heterocycles. The Labute approximate surface area is 126 Å². The number of aromatic nitrogens is 2. The maximum Gasteiger partial charge on any atom is 0.256 e. The Morgan fingerprint density at radius 2 is 2.30 bits per heavy atom. The van der Waals surface area contributed by atoms with Gasteiger partial charge in [0.15, 0.2) is 0 Å². The summed E-state index contributed by atoms with van der Waals surface area (Å²) in [6.07, 6.45) is 3.40. The van der Waals surface area contributed by atoms with E-state index in [1.54, 1.807) is 30.3 Å². The fourth-order valence-electron chi connectivity index (χ4n) is 1.74. The largest absolute Gasteiger partial charge is 0.383 e. The number of rotatable bonds is 5. The zero-order valence-electron chi connectivity index (χ0n) is 11.4. The van der Waals surface area contributed by atoms with Crippen LogP contribution < -0.4 is 5.32 Å². The van der Waals surface area contributed by atoms with E-state index in [-0.39, 0.29) is 5.91 Å². The second-order valence-electron chi connectivity index (χ2n) is 4.42. The SMILES string of the molecule is COCCn1cc(NC(=O)c2ccc(C)cc2Br)cn1. The fraction of sp³-hybridized carbons (Fsp3) is 0.286. The van der Waals surface area contributed by atoms with E-state index in [0.29, 0.717) is 24.4 Å². The van der Waals surface area contributed by atoms with Gasteiger partial charge >= 0.3 is 0 Å². The lowest BCUT2D eigenvalue weighted by Gasteiger charge is -2.05. The van der Waals surface area contributed by atoms with Crippen molar-refractivity contribution in [1.29, 1.82) is 0 Å². The molecule has 1 aromatic heterocycles. The number of carbonyl (C=O) groups excluding carboxylic acids is 1. The number of hydrogen-bond acceptors (Lipinski definition) is 3. The first-order valence-electron chi connectivity index (χ1n) is 6.19. The zero-order chi connectivity index (χ0) is 14.5. The van der Waals surface area contributed by atoms with Crippen molar-refractivity contribution in [3.8, 4) is 0 Å². The molecular formula is C14H16BrN3O2. The van der Waals surface area contributed by atoms with E-state index in [1.165, 1.54) is 0 Å². The van der Waals surface area contributed by atoms with E-state index in [9.17, 15) is 4.79 Å². The number of ether oxygens (including phenoxy) is 1. The number of nitrogens with zero attached hydrogens (tertiary/aromatic N) is 2. The molecule has 0 fully saturated rings. The smallest absolute Gasteiger partial charge is 0.256 e. The van der Waals surface area contributed by atoms with Crippen molar-refractivity contribution in [2.75, 3.05) is 19.0 Å². The van der Waals surface area contributed by atoms with Gasteiger partial charge in [-0.3, -0.25) is 9.48 Å². The van der Waals surface area contributed by atoms with Crippen LogP contribution in [0.3, 0.4) is 0 Å². The molecule has 1 N–H and O–H groups in total. The predicted octanol–water partition coefficient (Wildman–Crippen LogP) is 2.85. The molecule has 106 valence electrons. The van der Waals surface area contributed by atoms with Gasteiger partial charge < -0.3 is 10.1 Å². The van der Waals surface area contributed by atoms with Gasteiger partial charge in [-0.1, -0.05) is 6.07 Å². The molecule has 0 atom stereocenters. The Hall–Kier alpha value is -1.66. The number of amides is 1.